The second kappa shape index (κ2) is 15.4. The molecule has 0 radical (unpaired) electrons. The lowest BCUT2D eigenvalue weighted by atomic mass is 10.1. The second-order valence-corrected chi connectivity index (χ2v) is 7.96. The van der Waals surface area contributed by atoms with Crippen molar-refractivity contribution < 1.29 is 34.2 Å². The molecule has 1 aromatic carbocycles. The van der Waals surface area contributed by atoms with Crippen LogP contribution in [-0.4, -0.2) is 77.1 Å². The first-order chi connectivity index (χ1) is 16.6. The molecule has 0 spiro atoms. The first-order valence-corrected chi connectivity index (χ1v) is 11.1. The molecule has 0 aromatic heterocycles. The lowest BCUT2D eigenvalue weighted by Crippen LogP contribution is -2.58. The minimum absolute atomic E-state index is 0.0945. The summed E-state index contributed by atoms with van der Waals surface area (Å²) in [6, 6.07) is 3.77. The summed E-state index contributed by atoms with van der Waals surface area (Å²) in [7, 11) is 0. The van der Waals surface area contributed by atoms with Crippen LogP contribution < -0.4 is 33.2 Å². The monoisotopic (exact) mass is 494 g/mol. The van der Waals surface area contributed by atoms with E-state index in [2.05, 4.69) is 16.0 Å². The van der Waals surface area contributed by atoms with Crippen LogP contribution in [0.3, 0.4) is 0 Å². The van der Waals surface area contributed by atoms with E-state index in [1.807, 2.05) is 6.07 Å². The molecule has 4 unspecified atom stereocenters. The molecule has 1 aromatic rings. The van der Waals surface area contributed by atoms with E-state index in [4.69, 9.17) is 17.2 Å². The number of amides is 4. The average molecular weight is 495 g/mol. The van der Waals surface area contributed by atoms with E-state index in [0.717, 1.165) is 5.56 Å². The van der Waals surface area contributed by atoms with Gasteiger partial charge in [0.2, 0.25) is 23.6 Å². The number of hydrogen-bond donors (Lipinski definition) is 8. The maximum Gasteiger partial charge on any atom is 0.326 e. The molecule has 0 saturated carbocycles. The van der Waals surface area contributed by atoms with Gasteiger partial charge in [0.25, 0.3) is 0 Å². The van der Waals surface area contributed by atoms with Gasteiger partial charge in [-0.2, -0.15) is 0 Å². The van der Waals surface area contributed by atoms with Gasteiger partial charge in [-0.3, -0.25) is 19.2 Å². The molecule has 0 aliphatic rings. The summed E-state index contributed by atoms with van der Waals surface area (Å²) in [5.41, 5.74) is 17.2. The maximum absolute atomic E-state index is 12.7. The van der Waals surface area contributed by atoms with Crippen LogP contribution in [0.2, 0.25) is 0 Å². The molecular formula is C22H34N6O7. The Kier molecular flexibility index (Phi) is 12.9. The second-order valence-electron chi connectivity index (χ2n) is 7.96. The third kappa shape index (κ3) is 10.9. The van der Waals surface area contributed by atoms with Crippen LogP contribution in [0, 0.1) is 0 Å². The molecule has 194 valence electrons. The summed E-state index contributed by atoms with van der Waals surface area (Å²) < 4.78 is 0. The maximum atomic E-state index is 12.7. The Bertz CT molecular complexity index is 867. The summed E-state index contributed by atoms with van der Waals surface area (Å²) in [5.74, 6) is -4.83. The summed E-state index contributed by atoms with van der Waals surface area (Å²) >= 11 is 0. The lowest BCUT2D eigenvalue weighted by Gasteiger charge is -2.24. The molecule has 0 fully saturated rings. The number of hydrogen-bond acceptors (Lipinski definition) is 8. The molecule has 13 nitrogen and oxygen atoms in total. The molecule has 4 atom stereocenters. The highest BCUT2D eigenvalue weighted by Crippen LogP contribution is 2.05. The lowest BCUT2D eigenvalue weighted by molar-refractivity contribution is -0.143. The van der Waals surface area contributed by atoms with Crippen molar-refractivity contribution in [3.63, 3.8) is 0 Å². The summed E-state index contributed by atoms with van der Waals surface area (Å²) in [6.07, 6.45) is 0.599. The summed E-state index contributed by atoms with van der Waals surface area (Å²) in [6.45, 7) is -0.442. The molecule has 13 heteroatoms. The van der Waals surface area contributed by atoms with Crippen LogP contribution in [-0.2, 0) is 30.4 Å². The Morgan fingerprint density at radius 2 is 1.43 bits per heavy atom. The summed E-state index contributed by atoms with van der Waals surface area (Å²) in [5, 5.41) is 25.8. The first-order valence-electron chi connectivity index (χ1n) is 11.1. The Hall–Kier alpha value is -3.55. The number of primary amides is 1. The van der Waals surface area contributed by atoms with E-state index < -0.39 is 66.8 Å². The number of aliphatic carboxylic acids is 1. The number of unbranched alkanes of at least 4 members (excludes halogenated alkanes) is 1. The zero-order chi connectivity index (χ0) is 26.4. The minimum atomic E-state index is -1.58. The van der Waals surface area contributed by atoms with Crippen LogP contribution in [0.5, 0.6) is 0 Å². The van der Waals surface area contributed by atoms with Crippen LogP contribution in [0.15, 0.2) is 30.3 Å². The Morgan fingerprint density at radius 1 is 0.857 bits per heavy atom. The van der Waals surface area contributed by atoms with Crippen molar-refractivity contribution in [2.75, 3.05) is 13.2 Å². The van der Waals surface area contributed by atoms with E-state index in [-0.39, 0.29) is 12.8 Å². The number of rotatable bonds is 16. The molecule has 11 N–H and O–H groups in total. The molecule has 35 heavy (non-hydrogen) atoms. The van der Waals surface area contributed by atoms with Gasteiger partial charge in [0.05, 0.1) is 19.1 Å². The molecule has 0 aliphatic carbocycles. The van der Waals surface area contributed by atoms with Gasteiger partial charge in [-0.1, -0.05) is 30.3 Å². The molecule has 0 aliphatic heterocycles. The van der Waals surface area contributed by atoms with E-state index >= 15 is 0 Å². The summed E-state index contributed by atoms with van der Waals surface area (Å²) in [4.78, 5) is 60.3. The standard InChI is InChI=1S/C22H34N6O7/c23-9-5-4-8-15(20(32)27-16(22(34)35)11-18(25)30)26-21(33)17(12-29)28-19(31)14(24)10-13-6-2-1-3-7-13/h1-3,6-7,14-17,29H,4-5,8-12,23-24H2,(H2,25,30)(H,26,33)(H,27,32)(H,28,31)(H,34,35). The fourth-order valence-corrected chi connectivity index (χ4v) is 3.14. The van der Waals surface area contributed by atoms with Gasteiger partial charge in [0, 0.05) is 0 Å². The number of carbonyl (C=O) groups is 5. The highest BCUT2D eigenvalue weighted by molar-refractivity contribution is 5.95. The number of nitrogens with one attached hydrogen (secondary N) is 3. The van der Waals surface area contributed by atoms with Gasteiger partial charge in [0.15, 0.2) is 0 Å². The normalized spacial score (nSPS) is 14.1. The number of aliphatic hydroxyl groups excluding tert-OH is 1. The minimum Gasteiger partial charge on any atom is -0.480 e. The predicted molar refractivity (Wildman–Crippen MR) is 125 cm³/mol. The van der Waals surface area contributed by atoms with Gasteiger partial charge < -0.3 is 43.4 Å². The first kappa shape index (κ1) is 29.5. The van der Waals surface area contributed by atoms with Crippen LogP contribution in [0.4, 0.5) is 0 Å². The number of nitrogens with two attached hydrogens (primary N) is 3. The fraction of sp³-hybridized carbons (Fsp3) is 0.500. The van der Waals surface area contributed by atoms with Crippen LogP contribution in [0.25, 0.3) is 0 Å². The zero-order valence-electron chi connectivity index (χ0n) is 19.3. The Morgan fingerprint density at radius 3 is 1.97 bits per heavy atom. The third-order valence-corrected chi connectivity index (χ3v) is 5.05. The number of aliphatic hydroxyl groups is 1. The average Bonchev–Trinajstić information content (AvgIpc) is 2.81. The molecule has 0 heterocycles. The highest BCUT2D eigenvalue weighted by atomic mass is 16.4. The van der Waals surface area contributed by atoms with Gasteiger partial charge in [-0.15, -0.1) is 0 Å². The topological polar surface area (TPSA) is 240 Å². The highest BCUT2D eigenvalue weighted by Gasteiger charge is 2.30. The van der Waals surface area contributed by atoms with Crippen molar-refractivity contribution in [3.8, 4) is 0 Å². The van der Waals surface area contributed by atoms with Crippen molar-refractivity contribution in [1.29, 1.82) is 0 Å². The number of carboxylic acids is 1. The van der Waals surface area contributed by atoms with Gasteiger partial charge in [-0.05, 0) is 37.8 Å². The van der Waals surface area contributed by atoms with Crippen LogP contribution >= 0.6 is 0 Å². The van der Waals surface area contributed by atoms with E-state index in [1.54, 1.807) is 24.3 Å². The van der Waals surface area contributed by atoms with Gasteiger partial charge in [0.1, 0.15) is 18.1 Å². The quantitative estimate of drug-likeness (QED) is 0.110. The molecular weight excluding hydrogens is 460 g/mol. The molecule has 4 amide bonds. The smallest absolute Gasteiger partial charge is 0.326 e. The largest absolute Gasteiger partial charge is 0.480 e. The van der Waals surface area contributed by atoms with Crippen molar-refractivity contribution in [1.82, 2.24) is 16.0 Å². The van der Waals surface area contributed by atoms with Crippen molar-refractivity contribution in [3.05, 3.63) is 35.9 Å². The third-order valence-electron chi connectivity index (χ3n) is 5.05. The Labute approximate surface area is 202 Å². The fourth-order valence-electron chi connectivity index (χ4n) is 3.14. The SMILES string of the molecule is NCCCCC(NC(=O)C(CO)NC(=O)C(N)Cc1ccccc1)C(=O)NC(CC(N)=O)C(=O)O. The number of benzene rings is 1. The van der Waals surface area contributed by atoms with Crippen LogP contribution in [0.1, 0.15) is 31.2 Å². The number of carboxylic acid groups (broad SMARTS) is 1. The molecule has 0 saturated heterocycles. The number of carbonyl (C=O) groups excluding carboxylic acids is 4. The molecule has 1 rings (SSSR count). The Balaban J connectivity index is 2.84. The van der Waals surface area contributed by atoms with E-state index in [9.17, 15) is 34.2 Å². The van der Waals surface area contributed by atoms with Gasteiger partial charge >= 0.3 is 5.97 Å². The zero-order valence-corrected chi connectivity index (χ0v) is 19.3. The van der Waals surface area contributed by atoms with Crippen molar-refractivity contribution in [2.45, 2.75) is 56.3 Å². The predicted octanol–water partition coefficient (Wildman–Crippen LogP) is -2.91. The van der Waals surface area contributed by atoms with Gasteiger partial charge in [-0.25, -0.2) is 4.79 Å². The van der Waals surface area contributed by atoms with E-state index in [0.29, 0.717) is 19.4 Å². The van der Waals surface area contributed by atoms with E-state index in [1.165, 1.54) is 0 Å². The van der Waals surface area contributed by atoms with Crippen molar-refractivity contribution in [2.24, 2.45) is 17.2 Å². The molecule has 0 bridgehead atoms. The van der Waals surface area contributed by atoms with Crippen molar-refractivity contribution >= 4 is 29.6 Å².